The molecule has 1 saturated heterocycles. The Morgan fingerprint density at radius 1 is 1.21 bits per heavy atom. The van der Waals surface area contributed by atoms with Crippen LogP contribution < -0.4 is 10.2 Å². The van der Waals surface area contributed by atoms with Crippen molar-refractivity contribution in [2.75, 3.05) is 31.1 Å². The molecule has 5 nitrogen and oxygen atoms in total. The summed E-state index contributed by atoms with van der Waals surface area (Å²) in [6.07, 6.45) is -0.361. The van der Waals surface area contributed by atoms with Gasteiger partial charge >= 0.3 is 5.97 Å². The largest absolute Gasteiger partial charge is 0.481 e. The Kier molecular flexibility index (Phi) is 6.60. The highest BCUT2D eigenvalue weighted by Gasteiger charge is 2.08. The number of rotatable bonds is 3. The molecule has 0 atom stereocenters. The van der Waals surface area contributed by atoms with Crippen LogP contribution in [0.3, 0.4) is 0 Å². The maximum Gasteiger partial charge on any atom is 0.310 e. The average molecular weight is 264 g/mol. The minimum atomic E-state index is -1.06. The van der Waals surface area contributed by atoms with Gasteiger partial charge < -0.3 is 15.3 Å². The Labute approximate surface area is 113 Å². The summed E-state index contributed by atoms with van der Waals surface area (Å²) in [5.41, 5.74) is 1.35. The van der Waals surface area contributed by atoms with Crippen molar-refractivity contribution in [2.24, 2.45) is 0 Å². The number of carboxylic acid groups (broad SMARTS) is 1. The van der Waals surface area contributed by atoms with E-state index in [2.05, 4.69) is 40.5 Å². The van der Waals surface area contributed by atoms with Crippen LogP contribution in [0.4, 0.5) is 5.69 Å². The molecule has 0 amide bonds. The van der Waals surface area contributed by atoms with Gasteiger partial charge in [0.2, 0.25) is 0 Å². The van der Waals surface area contributed by atoms with Gasteiger partial charge in [0.1, 0.15) is 12.2 Å². The van der Waals surface area contributed by atoms with Crippen molar-refractivity contribution in [1.29, 1.82) is 0 Å². The first-order chi connectivity index (χ1) is 9.09. The molecule has 1 heterocycles. The van der Waals surface area contributed by atoms with Crippen molar-refractivity contribution in [3.8, 4) is 0 Å². The molecule has 0 saturated carbocycles. The van der Waals surface area contributed by atoms with Crippen LogP contribution in [0.15, 0.2) is 30.3 Å². The number of piperazine rings is 1. The standard InChI is InChI=1S/C10H14N2.C4H6O3/c1-2-4-10(5-3-1)12-8-6-11-7-9-12;1-3(5)2-4(6)7/h1-5,11H,6-9H2;2H2,1H3,(H,6,7). The van der Waals surface area contributed by atoms with Crippen LogP contribution in [0.5, 0.6) is 0 Å². The van der Waals surface area contributed by atoms with E-state index in [1.165, 1.54) is 12.6 Å². The van der Waals surface area contributed by atoms with Crippen LogP contribution in [0.1, 0.15) is 13.3 Å². The maximum atomic E-state index is 9.87. The lowest BCUT2D eigenvalue weighted by molar-refractivity contribution is -0.139. The monoisotopic (exact) mass is 264 g/mol. The molecule has 1 aromatic rings. The molecule has 2 N–H and O–H groups in total. The summed E-state index contributed by atoms with van der Waals surface area (Å²) in [4.78, 5) is 21.9. The quantitative estimate of drug-likeness (QED) is 0.801. The van der Waals surface area contributed by atoms with E-state index in [0.717, 1.165) is 26.2 Å². The van der Waals surface area contributed by atoms with Gasteiger partial charge in [0.25, 0.3) is 0 Å². The summed E-state index contributed by atoms with van der Waals surface area (Å²) in [5.74, 6) is -1.37. The van der Waals surface area contributed by atoms with Gasteiger partial charge in [-0.1, -0.05) is 18.2 Å². The van der Waals surface area contributed by atoms with E-state index in [1.54, 1.807) is 0 Å². The predicted molar refractivity (Wildman–Crippen MR) is 74.5 cm³/mol. The molecule has 0 unspecified atom stereocenters. The maximum absolute atomic E-state index is 9.87. The van der Waals surface area contributed by atoms with Crippen LogP contribution >= 0.6 is 0 Å². The Morgan fingerprint density at radius 2 is 1.79 bits per heavy atom. The number of Topliss-reactive ketones (excluding diaryl/α,β-unsaturated/α-hetero) is 1. The lowest BCUT2D eigenvalue weighted by atomic mass is 10.2. The number of carbonyl (C=O) groups excluding carboxylic acids is 1. The van der Waals surface area contributed by atoms with Crippen molar-refractivity contribution in [3.63, 3.8) is 0 Å². The summed E-state index contributed by atoms with van der Waals surface area (Å²) in [7, 11) is 0. The summed E-state index contributed by atoms with van der Waals surface area (Å²) in [6, 6.07) is 10.6. The third-order valence-corrected chi connectivity index (χ3v) is 2.64. The smallest absolute Gasteiger partial charge is 0.310 e. The Morgan fingerprint density at radius 3 is 2.21 bits per heavy atom. The minimum absolute atomic E-state index is 0.312. The van der Waals surface area contributed by atoms with Crippen LogP contribution in [-0.2, 0) is 9.59 Å². The number of carbonyl (C=O) groups is 2. The summed E-state index contributed by atoms with van der Waals surface area (Å²) >= 11 is 0. The first-order valence-electron chi connectivity index (χ1n) is 6.31. The van der Waals surface area contributed by atoms with Crippen LogP contribution in [0, 0.1) is 0 Å². The fourth-order valence-corrected chi connectivity index (χ4v) is 1.77. The lowest BCUT2D eigenvalue weighted by Crippen LogP contribution is -2.43. The third-order valence-electron chi connectivity index (χ3n) is 2.64. The summed E-state index contributed by atoms with van der Waals surface area (Å²) < 4.78 is 0. The molecule has 0 bridgehead atoms. The molecule has 1 fully saturated rings. The van der Waals surface area contributed by atoms with Crippen molar-refractivity contribution in [3.05, 3.63) is 30.3 Å². The first-order valence-corrected chi connectivity index (χ1v) is 6.31. The van der Waals surface area contributed by atoms with Crippen molar-refractivity contribution in [2.45, 2.75) is 13.3 Å². The zero-order valence-electron chi connectivity index (χ0n) is 11.1. The number of aliphatic carboxylic acids is 1. The molecule has 19 heavy (non-hydrogen) atoms. The Balaban J connectivity index is 0.000000224. The highest BCUT2D eigenvalue weighted by Crippen LogP contribution is 2.12. The van der Waals surface area contributed by atoms with Crippen LogP contribution in [-0.4, -0.2) is 43.0 Å². The van der Waals surface area contributed by atoms with E-state index in [-0.39, 0.29) is 12.2 Å². The number of hydrogen-bond donors (Lipinski definition) is 2. The number of anilines is 1. The first kappa shape index (κ1) is 15.2. The summed E-state index contributed by atoms with van der Waals surface area (Å²) in [5, 5.41) is 11.2. The molecule has 1 aromatic carbocycles. The number of para-hydroxylation sites is 1. The second-order valence-electron chi connectivity index (χ2n) is 4.35. The number of ketones is 1. The molecule has 2 rings (SSSR count). The average Bonchev–Trinajstić information content (AvgIpc) is 2.40. The van der Waals surface area contributed by atoms with Gasteiger partial charge in [-0.3, -0.25) is 9.59 Å². The molecule has 104 valence electrons. The molecule has 0 aliphatic carbocycles. The van der Waals surface area contributed by atoms with E-state index in [1.807, 2.05) is 0 Å². The topological polar surface area (TPSA) is 69.6 Å². The lowest BCUT2D eigenvalue weighted by Gasteiger charge is -2.29. The predicted octanol–water partition coefficient (Wildman–Crippen LogP) is 1.15. The molecule has 0 spiro atoms. The highest BCUT2D eigenvalue weighted by molar-refractivity contribution is 5.93. The molecule has 0 radical (unpaired) electrons. The SMILES string of the molecule is CC(=O)CC(=O)O.c1ccc(N2CCNCC2)cc1. The molecule has 0 aromatic heterocycles. The van der Waals surface area contributed by atoms with E-state index in [0.29, 0.717) is 0 Å². The summed E-state index contributed by atoms with van der Waals surface area (Å²) in [6.45, 7) is 5.71. The third kappa shape index (κ3) is 6.57. The van der Waals surface area contributed by atoms with Gasteiger partial charge in [0.15, 0.2) is 0 Å². The number of carboxylic acids is 1. The van der Waals surface area contributed by atoms with E-state index in [9.17, 15) is 9.59 Å². The Bertz CT molecular complexity index is 388. The molecular weight excluding hydrogens is 244 g/mol. The Hall–Kier alpha value is -1.88. The zero-order chi connectivity index (χ0) is 14.1. The van der Waals surface area contributed by atoms with Crippen molar-refractivity contribution in [1.82, 2.24) is 5.32 Å². The van der Waals surface area contributed by atoms with Gasteiger partial charge in [-0.2, -0.15) is 0 Å². The number of nitrogens with one attached hydrogen (secondary N) is 1. The van der Waals surface area contributed by atoms with Gasteiger partial charge in [0, 0.05) is 31.9 Å². The molecule has 1 aliphatic heterocycles. The van der Waals surface area contributed by atoms with Crippen LogP contribution in [0.2, 0.25) is 0 Å². The number of nitrogens with zero attached hydrogens (tertiary/aromatic N) is 1. The van der Waals surface area contributed by atoms with E-state index < -0.39 is 5.97 Å². The molecule has 1 aliphatic rings. The second kappa shape index (κ2) is 8.26. The van der Waals surface area contributed by atoms with E-state index in [4.69, 9.17) is 5.11 Å². The van der Waals surface area contributed by atoms with Gasteiger partial charge in [-0.05, 0) is 19.1 Å². The highest BCUT2D eigenvalue weighted by atomic mass is 16.4. The zero-order valence-corrected chi connectivity index (χ0v) is 11.1. The van der Waals surface area contributed by atoms with Gasteiger partial charge in [-0.15, -0.1) is 0 Å². The number of hydrogen-bond acceptors (Lipinski definition) is 4. The van der Waals surface area contributed by atoms with E-state index >= 15 is 0 Å². The fourth-order valence-electron chi connectivity index (χ4n) is 1.77. The van der Waals surface area contributed by atoms with Crippen LogP contribution in [0.25, 0.3) is 0 Å². The normalized spacial score (nSPS) is 14.3. The fraction of sp³-hybridized carbons (Fsp3) is 0.429. The van der Waals surface area contributed by atoms with Gasteiger partial charge in [-0.25, -0.2) is 0 Å². The second-order valence-corrected chi connectivity index (χ2v) is 4.35. The van der Waals surface area contributed by atoms with Crippen molar-refractivity contribution >= 4 is 17.4 Å². The molecule has 5 heteroatoms. The number of benzene rings is 1. The minimum Gasteiger partial charge on any atom is -0.481 e. The van der Waals surface area contributed by atoms with Gasteiger partial charge in [0.05, 0.1) is 0 Å². The van der Waals surface area contributed by atoms with Crippen molar-refractivity contribution < 1.29 is 14.7 Å². The molecular formula is C14H20N2O3.